The van der Waals surface area contributed by atoms with Crippen molar-refractivity contribution in [3.05, 3.63) is 98.9 Å². The van der Waals surface area contributed by atoms with Gasteiger partial charge in [-0.25, -0.2) is 0 Å². The molecule has 7 heteroatoms. The van der Waals surface area contributed by atoms with Gasteiger partial charge in [-0.15, -0.1) is 0 Å². The average Bonchev–Trinajstić information content (AvgIpc) is 3.46. The Kier molecular flexibility index (Phi) is 7.20. The highest BCUT2D eigenvalue weighted by Crippen LogP contribution is 2.48. The fourth-order valence-corrected chi connectivity index (χ4v) is 5.75. The lowest BCUT2D eigenvalue weighted by Gasteiger charge is -2.24. The second-order valence-corrected chi connectivity index (χ2v) is 11.0. The van der Waals surface area contributed by atoms with Crippen LogP contribution < -0.4 is 10.9 Å². The van der Waals surface area contributed by atoms with Gasteiger partial charge in [0.25, 0.3) is 5.56 Å². The quantitative estimate of drug-likeness (QED) is 0.371. The number of anilines is 1. The molecule has 3 aromatic rings. The zero-order valence-corrected chi connectivity index (χ0v) is 21.4. The molecule has 2 aliphatic carbocycles. The van der Waals surface area contributed by atoms with E-state index in [4.69, 9.17) is 11.6 Å². The third kappa shape index (κ3) is 5.80. The number of halogens is 1. The molecule has 0 saturated heterocycles. The maximum atomic E-state index is 13.6. The summed E-state index contributed by atoms with van der Waals surface area (Å²) in [6.07, 6.45) is 7.78. The fourth-order valence-electron chi connectivity index (χ4n) is 5.57. The van der Waals surface area contributed by atoms with Gasteiger partial charge in [-0.1, -0.05) is 60.8 Å². The number of amides is 1. The minimum atomic E-state index is -0.744. The smallest absolute Gasteiger partial charge is 0.309 e. The first-order valence-corrected chi connectivity index (χ1v) is 13.3. The Morgan fingerprint density at radius 3 is 2.43 bits per heavy atom. The van der Waals surface area contributed by atoms with E-state index in [1.165, 1.54) is 6.07 Å². The maximum Gasteiger partial charge on any atom is 0.309 e. The molecule has 2 N–H and O–H groups in total. The van der Waals surface area contributed by atoms with Crippen molar-refractivity contribution in [3.63, 3.8) is 0 Å². The molecule has 0 bridgehead atoms. The van der Waals surface area contributed by atoms with Crippen LogP contribution in [0.1, 0.15) is 61.1 Å². The predicted molar refractivity (Wildman–Crippen MR) is 144 cm³/mol. The lowest BCUT2D eigenvalue weighted by atomic mass is 9.83. The lowest BCUT2D eigenvalue weighted by Crippen LogP contribution is -2.26. The highest BCUT2D eigenvalue weighted by molar-refractivity contribution is 6.30. The zero-order chi connectivity index (χ0) is 26.0. The van der Waals surface area contributed by atoms with Gasteiger partial charge in [0.2, 0.25) is 5.91 Å². The number of carbonyl (C=O) groups is 2. The van der Waals surface area contributed by atoms with E-state index in [1.807, 2.05) is 48.5 Å². The van der Waals surface area contributed by atoms with Gasteiger partial charge in [0, 0.05) is 18.0 Å². The van der Waals surface area contributed by atoms with Crippen LogP contribution in [0.5, 0.6) is 0 Å². The Labute approximate surface area is 221 Å². The summed E-state index contributed by atoms with van der Waals surface area (Å²) in [4.78, 5) is 37.4. The van der Waals surface area contributed by atoms with Crippen LogP contribution in [0.4, 0.5) is 5.69 Å². The molecule has 2 aliphatic rings. The number of hydrogen-bond acceptors (Lipinski definition) is 3. The first-order chi connectivity index (χ1) is 17.8. The number of nitrogens with zero attached hydrogens (tertiary/aromatic N) is 1. The molecule has 0 aliphatic heterocycles. The van der Waals surface area contributed by atoms with E-state index in [0.717, 1.165) is 42.4 Å². The van der Waals surface area contributed by atoms with Crippen molar-refractivity contribution < 1.29 is 14.7 Å². The molecule has 37 heavy (non-hydrogen) atoms. The summed E-state index contributed by atoms with van der Waals surface area (Å²) in [5.41, 5.74) is 2.78. The molecule has 1 amide bonds. The van der Waals surface area contributed by atoms with E-state index in [-0.39, 0.29) is 23.3 Å². The van der Waals surface area contributed by atoms with Crippen molar-refractivity contribution >= 4 is 29.2 Å². The molecule has 192 valence electrons. The number of carbonyl (C=O) groups excluding carboxylic acids is 1. The number of benzene rings is 2. The molecule has 2 aromatic carbocycles. The van der Waals surface area contributed by atoms with E-state index >= 15 is 0 Å². The third-order valence-corrected chi connectivity index (χ3v) is 8.06. The van der Waals surface area contributed by atoms with E-state index in [2.05, 4.69) is 5.32 Å². The second kappa shape index (κ2) is 10.5. The van der Waals surface area contributed by atoms with Gasteiger partial charge < -0.3 is 15.0 Å². The first kappa shape index (κ1) is 25.3. The summed E-state index contributed by atoms with van der Waals surface area (Å²) >= 11 is 6.05. The van der Waals surface area contributed by atoms with Crippen LogP contribution in [0.3, 0.4) is 0 Å². The predicted octanol–water partition coefficient (Wildman–Crippen LogP) is 5.87. The Bertz CT molecular complexity index is 1350. The van der Waals surface area contributed by atoms with Crippen LogP contribution in [-0.2, 0) is 22.6 Å². The van der Waals surface area contributed by atoms with Crippen molar-refractivity contribution in [2.75, 3.05) is 5.32 Å². The van der Waals surface area contributed by atoms with Crippen molar-refractivity contribution in [2.45, 2.75) is 57.4 Å². The number of carboxylic acid groups (broad SMARTS) is 1. The van der Waals surface area contributed by atoms with Crippen LogP contribution in [0.25, 0.3) is 0 Å². The van der Waals surface area contributed by atoms with Crippen LogP contribution in [0, 0.1) is 11.3 Å². The summed E-state index contributed by atoms with van der Waals surface area (Å²) in [7, 11) is 0. The molecular weight excluding hydrogens is 488 g/mol. The normalized spacial score (nSPS) is 17.3. The average molecular weight is 519 g/mol. The molecule has 2 saturated carbocycles. The van der Waals surface area contributed by atoms with Crippen molar-refractivity contribution in [1.29, 1.82) is 0 Å². The molecule has 1 aromatic heterocycles. The van der Waals surface area contributed by atoms with E-state index < -0.39 is 11.4 Å². The Hall–Kier alpha value is -3.38. The standard InChI is InChI=1S/C30H31ClN2O4/c31-24-12-13-26(34)33(19-24)18-20-8-10-23(11-9-20)27(22-5-1-2-6-22)28(35)32-25-7-3-4-21(16-25)17-30(14-15-30)29(36)37/h3-4,7-13,16,19,22,27H,1-2,5-6,14-15,17-18H2,(H,32,35)(H,36,37). The number of aliphatic carboxylic acids is 1. The van der Waals surface area contributed by atoms with Gasteiger partial charge in [-0.2, -0.15) is 0 Å². The van der Waals surface area contributed by atoms with E-state index in [9.17, 15) is 19.5 Å². The fraction of sp³-hybridized carbons (Fsp3) is 0.367. The minimum absolute atomic E-state index is 0.0396. The molecule has 2 fully saturated rings. The highest BCUT2D eigenvalue weighted by atomic mass is 35.5. The summed E-state index contributed by atoms with van der Waals surface area (Å²) in [6, 6.07) is 18.5. The number of pyridine rings is 1. The van der Waals surface area contributed by atoms with Crippen LogP contribution in [0.2, 0.25) is 5.02 Å². The van der Waals surface area contributed by atoms with Crippen LogP contribution in [0.15, 0.2) is 71.7 Å². The summed E-state index contributed by atoms with van der Waals surface area (Å²) < 4.78 is 1.57. The number of hydrogen-bond donors (Lipinski definition) is 2. The molecular formula is C30H31ClN2O4. The number of nitrogens with one attached hydrogen (secondary N) is 1. The lowest BCUT2D eigenvalue weighted by molar-refractivity contribution is -0.143. The maximum absolute atomic E-state index is 13.6. The summed E-state index contributed by atoms with van der Waals surface area (Å²) in [5.74, 6) is -0.789. The summed E-state index contributed by atoms with van der Waals surface area (Å²) in [6.45, 7) is 0.407. The van der Waals surface area contributed by atoms with Crippen LogP contribution >= 0.6 is 11.6 Å². The Balaban J connectivity index is 1.33. The van der Waals surface area contributed by atoms with Gasteiger partial charge in [-0.3, -0.25) is 14.4 Å². The number of carboxylic acids is 1. The molecule has 5 rings (SSSR count). The van der Waals surface area contributed by atoms with Gasteiger partial charge in [0.05, 0.1) is 22.9 Å². The molecule has 0 spiro atoms. The van der Waals surface area contributed by atoms with Gasteiger partial charge >= 0.3 is 5.97 Å². The molecule has 1 atom stereocenters. The monoisotopic (exact) mass is 518 g/mol. The van der Waals surface area contributed by atoms with Gasteiger partial charge in [-0.05, 0) is 72.9 Å². The zero-order valence-electron chi connectivity index (χ0n) is 20.7. The largest absolute Gasteiger partial charge is 0.481 e. The van der Waals surface area contributed by atoms with Crippen molar-refractivity contribution in [3.8, 4) is 0 Å². The van der Waals surface area contributed by atoms with Crippen molar-refractivity contribution in [1.82, 2.24) is 4.57 Å². The van der Waals surface area contributed by atoms with Crippen molar-refractivity contribution in [2.24, 2.45) is 11.3 Å². The Morgan fingerprint density at radius 2 is 1.76 bits per heavy atom. The third-order valence-electron chi connectivity index (χ3n) is 7.84. The number of aromatic nitrogens is 1. The van der Waals surface area contributed by atoms with Gasteiger partial charge in [0.15, 0.2) is 0 Å². The SMILES string of the molecule is O=C(Nc1cccc(CC2(C(=O)O)CC2)c1)C(c1ccc(Cn2cc(Cl)ccc2=O)cc1)C1CCCC1. The molecule has 1 unspecified atom stereocenters. The first-order valence-electron chi connectivity index (χ1n) is 12.9. The topological polar surface area (TPSA) is 88.4 Å². The minimum Gasteiger partial charge on any atom is -0.481 e. The van der Waals surface area contributed by atoms with Crippen LogP contribution in [-0.4, -0.2) is 21.6 Å². The second-order valence-electron chi connectivity index (χ2n) is 10.5. The highest BCUT2D eigenvalue weighted by Gasteiger charge is 2.50. The van der Waals surface area contributed by atoms with E-state index in [1.54, 1.807) is 16.8 Å². The van der Waals surface area contributed by atoms with Gasteiger partial charge in [0.1, 0.15) is 0 Å². The van der Waals surface area contributed by atoms with E-state index in [0.29, 0.717) is 36.5 Å². The number of rotatable bonds is 9. The summed E-state index contributed by atoms with van der Waals surface area (Å²) in [5, 5.41) is 13.2. The Morgan fingerprint density at radius 1 is 1.03 bits per heavy atom. The molecule has 6 nitrogen and oxygen atoms in total. The molecule has 0 radical (unpaired) electrons. The molecule has 1 heterocycles.